The van der Waals surface area contributed by atoms with Crippen molar-refractivity contribution in [2.45, 2.75) is 10.9 Å². The molecule has 0 bridgehead atoms. The Hall–Kier alpha value is -2.28. The Morgan fingerprint density at radius 1 is 1.30 bits per heavy atom. The van der Waals surface area contributed by atoms with Gasteiger partial charge < -0.3 is 20.5 Å². The summed E-state index contributed by atoms with van der Waals surface area (Å²) in [6, 6.07) is 3.28. The Labute approximate surface area is 161 Å². The van der Waals surface area contributed by atoms with Gasteiger partial charge in [0.25, 0.3) is 5.69 Å². The van der Waals surface area contributed by atoms with Crippen LogP contribution in [0.2, 0.25) is 0 Å². The van der Waals surface area contributed by atoms with E-state index in [0.29, 0.717) is 0 Å². The maximum absolute atomic E-state index is 12.1. The van der Waals surface area contributed by atoms with Crippen molar-refractivity contribution >= 4 is 39.9 Å². The first-order valence-corrected chi connectivity index (χ1v) is 8.99. The number of hydrogen-bond acceptors (Lipinski definition) is 10. The third-order valence-corrected chi connectivity index (χ3v) is 4.86. The average molecular weight is 426 g/mol. The van der Waals surface area contributed by atoms with E-state index in [4.69, 9.17) is 10.5 Å². The third kappa shape index (κ3) is 8.30. The smallest absolute Gasteiger partial charge is 0.324 e. The number of methoxy groups -OCH3 is 1. The van der Waals surface area contributed by atoms with Gasteiger partial charge in [-0.2, -0.15) is 0 Å². The van der Waals surface area contributed by atoms with E-state index in [2.05, 4.69) is 10.1 Å². The van der Waals surface area contributed by atoms with Gasteiger partial charge in [-0.25, -0.2) is 8.42 Å². The van der Waals surface area contributed by atoms with Crippen molar-refractivity contribution < 1.29 is 32.4 Å². The number of rotatable bonds is 10. The van der Waals surface area contributed by atoms with Crippen molar-refractivity contribution in [3.63, 3.8) is 0 Å². The monoisotopic (exact) mass is 425 g/mol. The van der Waals surface area contributed by atoms with E-state index in [9.17, 15) is 28.1 Å². The molecule has 27 heavy (non-hydrogen) atoms. The fourth-order valence-corrected chi connectivity index (χ4v) is 2.83. The summed E-state index contributed by atoms with van der Waals surface area (Å²) in [6.07, 6.45) is 0. The molecule has 0 aliphatic rings. The van der Waals surface area contributed by atoms with Crippen molar-refractivity contribution in [3.8, 4) is 0 Å². The summed E-state index contributed by atoms with van der Waals surface area (Å²) in [5, 5.41) is 13.1. The molecule has 0 saturated heterocycles. The first-order chi connectivity index (χ1) is 12.2. The van der Waals surface area contributed by atoms with Crippen LogP contribution in [0.5, 0.6) is 0 Å². The number of benzene rings is 1. The number of sulfone groups is 1. The van der Waals surface area contributed by atoms with Gasteiger partial charge in [-0.05, 0) is 12.1 Å². The third-order valence-electron chi connectivity index (χ3n) is 3.17. The van der Waals surface area contributed by atoms with Crippen molar-refractivity contribution in [2.75, 3.05) is 32.6 Å². The van der Waals surface area contributed by atoms with Crippen LogP contribution in [0.15, 0.2) is 29.2 Å². The lowest BCUT2D eigenvalue weighted by atomic mass is 10.3. The number of ether oxygens (including phenoxy) is 2. The fourth-order valence-electron chi connectivity index (χ4n) is 1.74. The molecule has 0 amide bonds. The van der Waals surface area contributed by atoms with Crippen LogP contribution in [0.3, 0.4) is 0 Å². The molecule has 13 heteroatoms. The molecule has 11 nitrogen and oxygen atoms in total. The average Bonchev–Trinajstić information content (AvgIpc) is 2.61. The van der Waals surface area contributed by atoms with E-state index in [1.54, 1.807) is 0 Å². The fraction of sp³-hybridized carbons (Fsp3) is 0.429. The van der Waals surface area contributed by atoms with Crippen LogP contribution < -0.4 is 11.1 Å². The summed E-state index contributed by atoms with van der Waals surface area (Å²) in [4.78, 5) is 32.3. The maximum atomic E-state index is 12.1. The van der Waals surface area contributed by atoms with Gasteiger partial charge in [0.05, 0.1) is 29.2 Å². The van der Waals surface area contributed by atoms with Crippen molar-refractivity contribution in [2.24, 2.45) is 5.73 Å². The Morgan fingerprint density at radius 2 is 1.89 bits per heavy atom. The van der Waals surface area contributed by atoms with Crippen molar-refractivity contribution in [1.29, 1.82) is 0 Å². The second-order valence-corrected chi connectivity index (χ2v) is 7.16. The normalized spacial score (nSPS) is 11.8. The lowest BCUT2D eigenvalue weighted by Crippen LogP contribution is -2.43. The summed E-state index contributed by atoms with van der Waals surface area (Å²) >= 11 is 0. The van der Waals surface area contributed by atoms with Gasteiger partial charge in [0.15, 0.2) is 9.84 Å². The molecule has 0 fully saturated rings. The van der Waals surface area contributed by atoms with Crippen LogP contribution in [-0.4, -0.2) is 63.9 Å². The van der Waals surface area contributed by atoms with Gasteiger partial charge in [0, 0.05) is 18.7 Å². The van der Waals surface area contributed by atoms with Crippen LogP contribution in [0, 0.1) is 10.1 Å². The molecule has 1 rings (SSSR count). The number of halogens is 1. The number of carbonyl (C=O) groups excluding carboxylic acids is 2. The standard InChI is InChI=1S/C14H19N3O8S.ClH/c1-24-13(18)9-16-8-12(15)14(19)25-6-7-26(22,23)11-4-2-10(3-5-11)17(20)21;/h2-5,12,16H,6-9,15H2,1H3;1H. The van der Waals surface area contributed by atoms with E-state index in [1.807, 2.05) is 0 Å². The SMILES string of the molecule is COC(=O)CNCC(N)C(=O)OCCS(=O)(=O)c1ccc([N+](=O)[O-])cc1.Cl. The van der Waals surface area contributed by atoms with Gasteiger partial charge in [-0.3, -0.25) is 19.7 Å². The van der Waals surface area contributed by atoms with Gasteiger partial charge in [0.1, 0.15) is 12.6 Å². The topological polar surface area (TPSA) is 168 Å². The van der Waals surface area contributed by atoms with Crippen LogP contribution >= 0.6 is 12.4 Å². The summed E-state index contributed by atoms with van der Waals surface area (Å²) in [5.41, 5.74) is 5.31. The van der Waals surface area contributed by atoms with E-state index < -0.39 is 45.1 Å². The summed E-state index contributed by atoms with van der Waals surface area (Å²) < 4.78 is 33.4. The molecular formula is C14H20ClN3O8S. The first kappa shape index (κ1) is 24.7. The van der Waals surface area contributed by atoms with Crippen LogP contribution in [0.1, 0.15) is 0 Å². The second-order valence-electron chi connectivity index (χ2n) is 5.05. The molecule has 0 saturated carbocycles. The largest absolute Gasteiger partial charge is 0.468 e. The minimum atomic E-state index is -3.77. The number of non-ortho nitro benzene ring substituents is 1. The number of nitrogens with two attached hydrogens (primary N) is 1. The number of hydrogen-bond donors (Lipinski definition) is 2. The Bertz CT molecular complexity index is 754. The Balaban J connectivity index is 0.00000676. The lowest BCUT2D eigenvalue weighted by molar-refractivity contribution is -0.384. The summed E-state index contributed by atoms with van der Waals surface area (Å²) in [5.74, 6) is -1.86. The highest BCUT2D eigenvalue weighted by molar-refractivity contribution is 7.91. The van der Waals surface area contributed by atoms with Gasteiger partial charge in [-0.15, -0.1) is 12.4 Å². The van der Waals surface area contributed by atoms with Crippen LogP contribution in [0.4, 0.5) is 5.69 Å². The number of carbonyl (C=O) groups is 2. The van der Waals surface area contributed by atoms with E-state index >= 15 is 0 Å². The second kappa shape index (κ2) is 11.4. The Kier molecular flexibility index (Phi) is 10.5. The van der Waals surface area contributed by atoms with E-state index in [0.717, 1.165) is 24.3 Å². The number of nitro benzene ring substituents is 1. The molecule has 1 aromatic rings. The molecule has 0 aliphatic carbocycles. The molecule has 0 spiro atoms. The number of nitro groups is 1. The predicted octanol–water partition coefficient (Wildman–Crippen LogP) is -0.577. The zero-order chi connectivity index (χ0) is 19.7. The minimum Gasteiger partial charge on any atom is -0.468 e. The van der Waals surface area contributed by atoms with Crippen molar-refractivity contribution in [1.82, 2.24) is 5.32 Å². The molecule has 0 radical (unpaired) electrons. The number of nitrogens with one attached hydrogen (secondary N) is 1. The molecule has 3 N–H and O–H groups in total. The quantitative estimate of drug-likeness (QED) is 0.281. The number of nitrogens with zero attached hydrogens (tertiary/aromatic N) is 1. The van der Waals surface area contributed by atoms with E-state index in [1.165, 1.54) is 7.11 Å². The maximum Gasteiger partial charge on any atom is 0.324 e. The lowest BCUT2D eigenvalue weighted by Gasteiger charge is -2.12. The molecule has 152 valence electrons. The zero-order valence-corrected chi connectivity index (χ0v) is 16.0. The molecule has 0 heterocycles. The van der Waals surface area contributed by atoms with Crippen LogP contribution in [0.25, 0.3) is 0 Å². The molecular weight excluding hydrogens is 406 g/mol. The zero-order valence-electron chi connectivity index (χ0n) is 14.3. The highest BCUT2D eigenvalue weighted by Gasteiger charge is 2.19. The molecule has 1 aromatic carbocycles. The molecule has 0 aromatic heterocycles. The predicted molar refractivity (Wildman–Crippen MR) is 96.2 cm³/mol. The minimum absolute atomic E-state index is 0. The molecule has 1 unspecified atom stereocenters. The van der Waals surface area contributed by atoms with Gasteiger partial charge in [0.2, 0.25) is 0 Å². The summed E-state index contributed by atoms with van der Waals surface area (Å²) in [7, 11) is -2.56. The van der Waals surface area contributed by atoms with Crippen LogP contribution in [-0.2, 0) is 28.9 Å². The summed E-state index contributed by atoms with van der Waals surface area (Å²) in [6.45, 7) is -0.613. The first-order valence-electron chi connectivity index (χ1n) is 7.34. The molecule has 0 aliphatic heterocycles. The van der Waals surface area contributed by atoms with Crippen molar-refractivity contribution in [3.05, 3.63) is 34.4 Å². The Morgan fingerprint density at radius 3 is 2.41 bits per heavy atom. The highest BCUT2D eigenvalue weighted by atomic mass is 35.5. The highest BCUT2D eigenvalue weighted by Crippen LogP contribution is 2.16. The van der Waals surface area contributed by atoms with Gasteiger partial charge in [-0.1, -0.05) is 0 Å². The van der Waals surface area contributed by atoms with Gasteiger partial charge >= 0.3 is 11.9 Å². The van der Waals surface area contributed by atoms with E-state index in [-0.39, 0.29) is 36.1 Å². The molecule has 1 atom stereocenters. The number of esters is 2.